The number of ether oxygens (including phenoxy) is 2. The van der Waals surface area contributed by atoms with E-state index in [1.165, 1.54) is 103 Å². The fourth-order valence-electron chi connectivity index (χ4n) is 5.71. The third-order valence-corrected chi connectivity index (χ3v) is 10.0. The minimum absolute atomic E-state index is 0.0330. The van der Waals surface area contributed by atoms with Gasteiger partial charge >= 0.3 is 19.8 Å². The number of carbonyl (C=O) groups excluding carboxylic acids is 2. The van der Waals surface area contributed by atoms with Crippen molar-refractivity contribution >= 4 is 19.8 Å². The standard InChI is InChI=1S/C41H80NO8P/c1-6-8-10-12-14-16-18-20-21-22-24-26-28-30-32-34-41(44)50-39(38-49-51(45,46)48-36-35-42(3,4)5)37-47-40(43)33-31-29-27-25-23-19-17-15-13-11-9-7-2/h20-21,39H,6-19,22-38H2,1-5H3/p+1/b21-20+/t39-/m1/s1. The Morgan fingerprint density at radius 1 is 0.588 bits per heavy atom. The summed E-state index contributed by atoms with van der Waals surface area (Å²) in [6, 6.07) is 0. The lowest BCUT2D eigenvalue weighted by Crippen LogP contribution is -2.37. The molecule has 0 aromatic heterocycles. The van der Waals surface area contributed by atoms with Gasteiger partial charge in [-0.3, -0.25) is 18.6 Å². The van der Waals surface area contributed by atoms with Crippen molar-refractivity contribution in [2.75, 3.05) is 47.5 Å². The fourth-order valence-corrected chi connectivity index (χ4v) is 6.46. The van der Waals surface area contributed by atoms with Crippen molar-refractivity contribution in [1.82, 2.24) is 0 Å². The molecule has 0 fully saturated rings. The smallest absolute Gasteiger partial charge is 0.462 e. The summed E-state index contributed by atoms with van der Waals surface area (Å²) in [6.07, 6.45) is 33.9. The molecule has 302 valence electrons. The van der Waals surface area contributed by atoms with Gasteiger partial charge in [0, 0.05) is 12.8 Å². The number of rotatable bonds is 38. The number of carbonyl (C=O) groups is 2. The summed E-state index contributed by atoms with van der Waals surface area (Å²) in [5.41, 5.74) is 0. The molecular weight excluding hydrogens is 665 g/mol. The van der Waals surface area contributed by atoms with Crippen molar-refractivity contribution in [2.24, 2.45) is 0 Å². The van der Waals surface area contributed by atoms with Gasteiger partial charge in [-0.15, -0.1) is 0 Å². The van der Waals surface area contributed by atoms with Gasteiger partial charge in [0.1, 0.15) is 19.8 Å². The van der Waals surface area contributed by atoms with Gasteiger partial charge in [0.2, 0.25) is 0 Å². The van der Waals surface area contributed by atoms with Crippen LogP contribution in [-0.4, -0.2) is 74.9 Å². The molecule has 0 aliphatic heterocycles. The number of unbranched alkanes of at least 4 members (excludes halogenated alkanes) is 22. The van der Waals surface area contributed by atoms with Crippen molar-refractivity contribution in [1.29, 1.82) is 0 Å². The molecule has 0 aliphatic rings. The van der Waals surface area contributed by atoms with Crippen LogP contribution in [0.2, 0.25) is 0 Å². The van der Waals surface area contributed by atoms with Crippen molar-refractivity contribution in [3.05, 3.63) is 12.2 Å². The van der Waals surface area contributed by atoms with Gasteiger partial charge in [0.15, 0.2) is 6.10 Å². The average molecular weight is 747 g/mol. The number of hydrogen-bond donors (Lipinski definition) is 1. The maximum Gasteiger partial charge on any atom is 0.472 e. The predicted octanol–water partition coefficient (Wildman–Crippen LogP) is 11.4. The molecule has 0 aliphatic carbocycles. The van der Waals surface area contributed by atoms with E-state index in [-0.39, 0.29) is 25.6 Å². The van der Waals surface area contributed by atoms with Crippen molar-refractivity contribution in [2.45, 2.75) is 193 Å². The lowest BCUT2D eigenvalue weighted by atomic mass is 10.0. The van der Waals surface area contributed by atoms with Crippen molar-refractivity contribution < 1.29 is 42.1 Å². The van der Waals surface area contributed by atoms with E-state index in [0.717, 1.165) is 51.4 Å². The van der Waals surface area contributed by atoms with Crippen LogP contribution < -0.4 is 0 Å². The summed E-state index contributed by atoms with van der Waals surface area (Å²) in [5, 5.41) is 0. The normalized spacial score (nSPS) is 13.8. The van der Waals surface area contributed by atoms with Gasteiger partial charge < -0.3 is 18.9 Å². The third kappa shape index (κ3) is 38.3. The molecule has 0 spiro atoms. The summed E-state index contributed by atoms with van der Waals surface area (Å²) in [4.78, 5) is 35.2. The molecule has 9 nitrogen and oxygen atoms in total. The molecule has 0 saturated heterocycles. The molecule has 0 bridgehead atoms. The Hall–Kier alpha value is -1.25. The maximum atomic E-state index is 12.6. The summed E-state index contributed by atoms with van der Waals surface area (Å²) >= 11 is 0. The van der Waals surface area contributed by atoms with Crippen LogP contribution in [0.15, 0.2) is 12.2 Å². The maximum absolute atomic E-state index is 12.6. The first-order chi connectivity index (χ1) is 24.5. The molecule has 0 aromatic carbocycles. The van der Waals surface area contributed by atoms with Crippen molar-refractivity contribution in [3.8, 4) is 0 Å². The van der Waals surface area contributed by atoms with Crippen LogP contribution in [0.3, 0.4) is 0 Å². The summed E-state index contributed by atoms with van der Waals surface area (Å²) < 4.78 is 34.2. The van der Waals surface area contributed by atoms with Gasteiger partial charge in [-0.2, -0.15) is 0 Å². The highest BCUT2D eigenvalue weighted by atomic mass is 31.2. The molecule has 51 heavy (non-hydrogen) atoms. The van der Waals surface area contributed by atoms with E-state index < -0.39 is 26.5 Å². The SMILES string of the molecule is CCCCCCCC/C=C/CCCCCCCC(=O)O[C@H](COC(=O)CCCCCCCCCCCCCC)COP(=O)(O)OCC[N+](C)(C)C. The van der Waals surface area contributed by atoms with Crippen molar-refractivity contribution in [3.63, 3.8) is 0 Å². The van der Waals surface area contributed by atoms with Crippen LogP contribution in [0.5, 0.6) is 0 Å². The van der Waals surface area contributed by atoms with E-state index in [1.54, 1.807) is 0 Å². The second kappa shape index (κ2) is 34.5. The van der Waals surface area contributed by atoms with Crippen LogP contribution >= 0.6 is 7.82 Å². The van der Waals surface area contributed by atoms with Crippen LogP contribution in [0, 0.1) is 0 Å². The number of allylic oxidation sites excluding steroid dienone is 2. The van der Waals surface area contributed by atoms with Crippen LogP contribution in [-0.2, 0) is 32.7 Å². The first-order valence-corrected chi connectivity index (χ1v) is 22.4. The molecule has 1 N–H and O–H groups in total. The second-order valence-electron chi connectivity index (χ2n) is 15.4. The zero-order valence-corrected chi connectivity index (χ0v) is 34.7. The Morgan fingerprint density at radius 3 is 1.45 bits per heavy atom. The molecule has 2 atom stereocenters. The number of phosphoric ester groups is 1. The summed E-state index contributed by atoms with van der Waals surface area (Å²) in [5.74, 6) is -0.802. The van der Waals surface area contributed by atoms with E-state index >= 15 is 0 Å². The number of phosphoric acid groups is 1. The zero-order valence-electron chi connectivity index (χ0n) is 33.9. The van der Waals surface area contributed by atoms with Crippen LogP contribution in [0.4, 0.5) is 0 Å². The Bertz CT molecular complexity index is 891. The van der Waals surface area contributed by atoms with E-state index in [9.17, 15) is 19.0 Å². The zero-order chi connectivity index (χ0) is 37.9. The van der Waals surface area contributed by atoms with E-state index in [0.29, 0.717) is 23.9 Å². The predicted molar refractivity (Wildman–Crippen MR) is 211 cm³/mol. The fraction of sp³-hybridized carbons (Fsp3) is 0.902. The van der Waals surface area contributed by atoms with Gasteiger partial charge in [0.25, 0.3) is 0 Å². The highest BCUT2D eigenvalue weighted by Gasteiger charge is 2.27. The first-order valence-electron chi connectivity index (χ1n) is 20.9. The number of esters is 2. The minimum Gasteiger partial charge on any atom is -0.462 e. The minimum atomic E-state index is -4.37. The van der Waals surface area contributed by atoms with Crippen LogP contribution in [0.25, 0.3) is 0 Å². The third-order valence-electron chi connectivity index (χ3n) is 9.05. The Morgan fingerprint density at radius 2 is 1.00 bits per heavy atom. The average Bonchev–Trinajstić information content (AvgIpc) is 3.07. The molecule has 1 unspecified atom stereocenters. The summed E-state index contributed by atoms with van der Waals surface area (Å²) in [6.45, 7) is 4.41. The largest absolute Gasteiger partial charge is 0.472 e. The van der Waals surface area contributed by atoms with E-state index in [2.05, 4.69) is 26.0 Å². The highest BCUT2D eigenvalue weighted by molar-refractivity contribution is 7.47. The molecule has 0 rings (SSSR count). The van der Waals surface area contributed by atoms with Gasteiger partial charge in [-0.1, -0.05) is 148 Å². The monoisotopic (exact) mass is 747 g/mol. The lowest BCUT2D eigenvalue weighted by molar-refractivity contribution is -0.870. The molecule has 0 heterocycles. The molecule has 0 amide bonds. The Balaban J connectivity index is 4.39. The Labute approximate surface area is 314 Å². The van der Waals surface area contributed by atoms with Gasteiger partial charge in [-0.05, 0) is 38.5 Å². The van der Waals surface area contributed by atoms with Crippen LogP contribution in [0.1, 0.15) is 187 Å². The number of nitrogens with zero attached hydrogens (tertiary/aromatic N) is 1. The number of quaternary nitrogens is 1. The molecule has 0 radical (unpaired) electrons. The highest BCUT2D eigenvalue weighted by Crippen LogP contribution is 2.43. The quantitative estimate of drug-likeness (QED) is 0.0219. The first kappa shape index (κ1) is 49.8. The van der Waals surface area contributed by atoms with E-state index in [4.69, 9.17) is 18.5 Å². The molecule has 10 heteroatoms. The van der Waals surface area contributed by atoms with E-state index in [1.807, 2.05) is 21.1 Å². The van der Waals surface area contributed by atoms with Gasteiger partial charge in [-0.25, -0.2) is 4.57 Å². The Kier molecular flexibility index (Phi) is 33.7. The number of hydrogen-bond acceptors (Lipinski definition) is 7. The lowest BCUT2D eigenvalue weighted by Gasteiger charge is -2.24. The second-order valence-corrected chi connectivity index (χ2v) is 16.8. The number of likely N-dealkylation sites (N-methyl/N-ethyl adjacent to an activating group) is 1. The summed E-state index contributed by atoms with van der Waals surface area (Å²) in [7, 11) is 1.48. The van der Waals surface area contributed by atoms with Gasteiger partial charge in [0.05, 0.1) is 27.7 Å². The topological polar surface area (TPSA) is 108 Å². The molecule has 0 saturated carbocycles. The molecule has 0 aromatic rings. The molecular formula is C41H81NO8P+.